The van der Waals surface area contributed by atoms with Crippen molar-refractivity contribution in [3.63, 3.8) is 0 Å². The van der Waals surface area contributed by atoms with Gasteiger partial charge in [-0.05, 0) is 29.8 Å². The lowest BCUT2D eigenvalue weighted by Gasteiger charge is -2.36. The quantitative estimate of drug-likeness (QED) is 0.907. The number of amides is 2. The SMILES string of the molecule is O=C(NCc1ccncc1)N1CCN(c2cccc(Cl)c2Cl)CC1. The normalized spacial score (nSPS) is 14.6. The van der Waals surface area contributed by atoms with Crippen LogP contribution in [0.3, 0.4) is 0 Å². The molecular weight excluding hydrogens is 347 g/mol. The maximum Gasteiger partial charge on any atom is 0.317 e. The molecule has 0 aliphatic carbocycles. The van der Waals surface area contributed by atoms with Crippen LogP contribution in [0.2, 0.25) is 10.0 Å². The summed E-state index contributed by atoms with van der Waals surface area (Å²) in [4.78, 5) is 20.2. The Morgan fingerprint density at radius 3 is 2.50 bits per heavy atom. The number of hydrogen-bond donors (Lipinski definition) is 1. The lowest BCUT2D eigenvalue weighted by atomic mass is 10.2. The molecule has 0 spiro atoms. The Morgan fingerprint density at radius 2 is 1.79 bits per heavy atom. The van der Waals surface area contributed by atoms with Crippen molar-refractivity contribution in [2.45, 2.75) is 6.54 Å². The predicted molar refractivity (Wildman–Crippen MR) is 96.7 cm³/mol. The van der Waals surface area contributed by atoms with Gasteiger partial charge in [-0.15, -0.1) is 0 Å². The average molecular weight is 365 g/mol. The number of anilines is 1. The average Bonchev–Trinajstić information content (AvgIpc) is 2.63. The highest BCUT2D eigenvalue weighted by molar-refractivity contribution is 6.43. The number of carbonyl (C=O) groups is 1. The maximum atomic E-state index is 12.3. The summed E-state index contributed by atoms with van der Waals surface area (Å²) in [7, 11) is 0. The smallest absolute Gasteiger partial charge is 0.317 e. The van der Waals surface area contributed by atoms with Gasteiger partial charge in [0.15, 0.2) is 0 Å². The van der Waals surface area contributed by atoms with Crippen molar-refractivity contribution in [3.05, 3.63) is 58.3 Å². The summed E-state index contributed by atoms with van der Waals surface area (Å²) >= 11 is 12.3. The van der Waals surface area contributed by atoms with E-state index in [2.05, 4.69) is 15.2 Å². The van der Waals surface area contributed by atoms with Gasteiger partial charge in [0.2, 0.25) is 0 Å². The van der Waals surface area contributed by atoms with Crippen molar-refractivity contribution in [1.29, 1.82) is 0 Å². The van der Waals surface area contributed by atoms with E-state index in [-0.39, 0.29) is 6.03 Å². The minimum absolute atomic E-state index is 0.0522. The number of hydrogen-bond acceptors (Lipinski definition) is 3. The van der Waals surface area contributed by atoms with Crippen molar-refractivity contribution < 1.29 is 4.79 Å². The van der Waals surface area contributed by atoms with E-state index < -0.39 is 0 Å². The molecule has 0 radical (unpaired) electrons. The van der Waals surface area contributed by atoms with E-state index in [1.54, 1.807) is 18.5 Å². The highest BCUT2D eigenvalue weighted by atomic mass is 35.5. The first-order valence-corrected chi connectivity index (χ1v) is 8.51. The number of carbonyl (C=O) groups excluding carboxylic acids is 1. The van der Waals surface area contributed by atoms with E-state index in [1.807, 2.05) is 29.2 Å². The first-order chi connectivity index (χ1) is 11.6. The van der Waals surface area contributed by atoms with E-state index in [9.17, 15) is 4.79 Å². The molecule has 3 rings (SSSR count). The second-order valence-corrected chi connectivity index (χ2v) is 6.35. The fourth-order valence-corrected chi connectivity index (χ4v) is 3.09. The molecule has 1 aliphatic heterocycles. The molecule has 2 heterocycles. The maximum absolute atomic E-state index is 12.3. The van der Waals surface area contributed by atoms with Crippen LogP contribution in [0.1, 0.15) is 5.56 Å². The van der Waals surface area contributed by atoms with Crippen molar-refractivity contribution in [1.82, 2.24) is 15.2 Å². The Morgan fingerprint density at radius 1 is 1.08 bits per heavy atom. The number of pyridine rings is 1. The van der Waals surface area contributed by atoms with Crippen LogP contribution in [-0.2, 0) is 6.54 Å². The largest absolute Gasteiger partial charge is 0.367 e. The third kappa shape index (κ3) is 3.91. The second-order valence-electron chi connectivity index (χ2n) is 5.56. The molecule has 0 saturated carbocycles. The minimum atomic E-state index is -0.0522. The van der Waals surface area contributed by atoms with E-state index in [0.717, 1.165) is 24.3 Å². The first-order valence-electron chi connectivity index (χ1n) is 7.76. The number of rotatable bonds is 3. The van der Waals surface area contributed by atoms with Gasteiger partial charge in [-0.1, -0.05) is 29.3 Å². The van der Waals surface area contributed by atoms with Gasteiger partial charge < -0.3 is 15.1 Å². The van der Waals surface area contributed by atoms with Gasteiger partial charge in [0.05, 0.1) is 15.7 Å². The monoisotopic (exact) mass is 364 g/mol. The molecule has 126 valence electrons. The number of nitrogens with one attached hydrogen (secondary N) is 1. The topological polar surface area (TPSA) is 48.5 Å². The predicted octanol–water partition coefficient (Wildman–Crippen LogP) is 3.42. The van der Waals surface area contributed by atoms with Gasteiger partial charge in [0, 0.05) is 45.1 Å². The first kappa shape index (κ1) is 16.9. The third-order valence-corrected chi connectivity index (χ3v) is 4.84. The zero-order chi connectivity index (χ0) is 16.9. The molecule has 2 aromatic rings. The molecule has 1 aromatic heterocycles. The van der Waals surface area contributed by atoms with Gasteiger partial charge >= 0.3 is 6.03 Å². The van der Waals surface area contributed by atoms with E-state index in [1.165, 1.54) is 0 Å². The minimum Gasteiger partial charge on any atom is -0.367 e. The number of halogens is 2. The van der Waals surface area contributed by atoms with Crippen LogP contribution in [0.5, 0.6) is 0 Å². The molecule has 1 fully saturated rings. The van der Waals surface area contributed by atoms with Crippen LogP contribution in [0.4, 0.5) is 10.5 Å². The summed E-state index contributed by atoms with van der Waals surface area (Å²) in [6.45, 7) is 3.24. The molecule has 24 heavy (non-hydrogen) atoms. The highest BCUT2D eigenvalue weighted by Gasteiger charge is 2.22. The van der Waals surface area contributed by atoms with Crippen molar-refractivity contribution >= 4 is 34.9 Å². The molecule has 5 nitrogen and oxygen atoms in total. The third-order valence-electron chi connectivity index (χ3n) is 4.03. The number of nitrogens with zero attached hydrogens (tertiary/aromatic N) is 3. The molecular formula is C17H18Cl2N4O. The van der Waals surface area contributed by atoms with E-state index in [0.29, 0.717) is 29.7 Å². The Kier molecular flexibility index (Phi) is 5.43. The van der Waals surface area contributed by atoms with Gasteiger partial charge in [0.1, 0.15) is 0 Å². The van der Waals surface area contributed by atoms with Crippen LogP contribution < -0.4 is 10.2 Å². The number of aromatic nitrogens is 1. The Labute approximate surface area is 151 Å². The fraction of sp³-hybridized carbons (Fsp3) is 0.294. The van der Waals surface area contributed by atoms with Crippen LogP contribution in [-0.4, -0.2) is 42.1 Å². The molecule has 7 heteroatoms. The van der Waals surface area contributed by atoms with E-state index in [4.69, 9.17) is 23.2 Å². The summed E-state index contributed by atoms with van der Waals surface area (Å²) in [5, 5.41) is 4.05. The zero-order valence-electron chi connectivity index (χ0n) is 13.1. The van der Waals surface area contributed by atoms with Crippen LogP contribution in [0, 0.1) is 0 Å². The molecule has 0 bridgehead atoms. The van der Waals surface area contributed by atoms with Crippen LogP contribution in [0.15, 0.2) is 42.7 Å². The van der Waals surface area contributed by atoms with Crippen molar-refractivity contribution in [2.75, 3.05) is 31.1 Å². The number of benzene rings is 1. The molecule has 1 N–H and O–H groups in total. The standard InChI is InChI=1S/C17H18Cl2N4O/c18-14-2-1-3-15(16(14)19)22-8-10-23(11-9-22)17(24)21-12-13-4-6-20-7-5-13/h1-7H,8-12H2,(H,21,24). The summed E-state index contributed by atoms with van der Waals surface area (Å²) in [6, 6.07) is 9.34. The Bertz CT molecular complexity index is 703. The molecule has 1 aliphatic rings. The van der Waals surface area contributed by atoms with Gasteiger partial charge in [-0.3, -0.25) is 4.98 Å². The highest BCUT2D eigenvalue weighted by Crippen LogP contribution is 2.32. The Balaban J connectivity index is 1.53. The van der Waals surface area contributed by atoms with Crippen LogP contribution >= 0.6 is 23.2 Å². The molecule has 2 amide bonds. The molecule has 1 aromatic carbocycles. The Hall–Kier alpha value is -1.98. The lowest BCUT2D eigenvalue weighted by Crippen LogP contribution is -2.51. The van der Waals surface area contributed by atoms with Gasteiger partial charge in [0.25, 0.3) is 0 Å². The summed E-state index contributed by atoms with van der Waals surface area (Å²) in [5.41, 5.74) is 1.95. The van der Waals surface area contributed by atoms with Crippen molar-refractivity contribution in [2.24, 2.45) is 0 Å². The molecule has 0 unspecified atom stereocenters. The number of urea groups is 1. The van der Waals surface area contributed by atoms with Gasteiger partial charge in [-0.2, -0.15) is 0 Å². The summed E-state index contributed by atoms with van der Waals surface area (Å²) in [5.74, 6) is 0. The summed E-state index contributed by atoms with van der Waals surface area (Å²) < 4.78 is 0. The second kappa shape index (κ2) is 7.73. The molecule has 0 atom stereocenters. The van der Waals surface area contributed by atoms with Crippen LogP contribution in [0.25, 0.3) is 0 Å². The fourth-order valence-electron chi connectivity index (χ4n) is 2.68. The van der Waals surface area contributed by atoms with Crippen molar-refractivity contribution in [3.8, 4) is 0 Å². The van der Waals surface area contributed by atoms with E-state index >= 15 is 0 Å². The lowest BCUT2D eigenvalue weighted by molar-refractivity contribution is 0.194. The zero-order valence-corrected chi connectivity index (χ0v) is 14.6. The van der Waals surface area contributed by atoms with Gasteiger partial charge in [-0.25, -0.2) is 4.79 Å². The molecule has 1 saturated heterocycles. The summed E-state index contributed by atoms with van der Waals surface area (Å²) in [6.07, 6.45) is 3.43. The number of piperazine rings is 1.